The molecule has 1 aromatic carbocycles. The fraction of sp³-hybridized carbons (Fsp3) is 0.471. The number of nitrogens with zero attached hydrogens (tertiary/aromatic N) is 3. The molecule has 1 aromatic heterocycles. The lowest BCUT2D eigenvalue weighted by atomic mass is 10.2. The van der Waals surface area contributed by atoms with Crippen LogP contribution in [0.5, 0.6) is 11.5 Å². The van der Waals surface area contributed by atoms with Gasteiger partial charge >= 0.3 is 6.61 Å². The second kappa shape index (κ2) is 8.11. The van der Waals surface area contributed by atoms with Gasteiger partial charge in [0, 0.05) is 18.5 Å². The van der Waals surface area contributed by atoms with E-state index < -0.39 is 6.61 Å². The number of ether oxygens (including phenoxy) is 2. The molecule has 0 bridgehead atoms. The third-order valence-electron chi connectivity index (χ3n) is 4.24. The number of carbonyl (C=O) groups excluding carboxylic acids is 1. The van der Waals surface area contributed by atoms with Crippen LogP contribution >= 0.6 is 0 Å². The Kier molecular flexibility index (Phi) is 5.65. The van der Waals surface area contributed by atoms with Crippen molar-refractivity contribution in [3.63, 3.8) is 0 Å². The number of amides is 1. The minimum atomic E-state index is -2.97. The van der Waals surface area contributed by atoms with Crippen molar-refractivity contribution >= 4 is 5.91 Å². The number of methoxy groups -OCH3 is 1. The van der Waals surface area contributed by atoms with Crippen LogP contribution in [0.2, 0.25) is 0 Å². The van der Waals surface area contributed by atoms with Gasteiger partial charge in [-0.2, -0.15) is 8.78 Å². The molecule has 0 spiro atoms. The largest absolute Gasteiger partial charge is 0.493 e. The summed E-state index contributed by atoms with van der Waals surface area (Å²) >= 11 is 0. The van der Waals surface area contributed by atoms with Gasteiger partial charge in [-0.3, -0.25) is 4.79 Å². The first-order valence-electron chi connectivity index (χ1n) is 8.40. The molecule has 9 heteroatoms. The molecule has 0 saturated carbocycles. The zero-order chi connectivity index (χ0) is 18.5. The molecular weight excluding hydrogens is 346 g/mol. The molecular formula is C17H20F2N4O3. The van der Waals surface area contributed by atoms with Crippen LogP contribution in [0, 0.1) is 0 Å². The molecule has 0 radical (unpaired) electrons. The van der Waals surface area contributed by atoms with Crippen LogP contribution < -0.4 is 14.8 Å². The van der Waals surface area contributed by atoms with Crippen molar-refractivity contribution in [2.75, 3.05) is 7.11 Å². The average molecular weight is 366 g/mol. The third-order valence-corrected chi connectivity index (χ3v) is 4.24. The Hall–Kier alpha value is -2.71. The molecule has 0 fully saturated rings. The first-order valence-corrected chi connectivity index (χ1v) is 8.40. The summed E-state index contributed by atoms with van der Waals surface area (Å²) in [7, 11) is 1.32. The second-order valence-corrected chi connectivity index (χ2v) is 5.92. The van der Waals surface area contributed by atoms with Gasteiger partial charge < -0.3 is 19.4 Å². The van der Waals surface area contributed by atoms with E-state index >= 15 is 0 Å². The van der Waals surface area contributed by atoms with E-state index in [-0.39, 0.29) is 29.5 Å². The molecule has 0 atom stereocenters. The van der Waals surface area contributed by atoms with Gasteiger partial charge in [0.15, 0.2) is 17.3 Å². The molecule has 1 aliphatic heterocycles. The summed E-state index contributed by atoms with van der Waals surface area (Å²) in [5.74, 6) is 1.23. The molecule has 0 unspecified atom stereocenters. The number of benzene rings is 1. The Morgan fingerprint density at radius 3 is 2.88 bits per heavy atom. The normalized spacial score (nSPS) is 13.8. The minimum absolute atomic E-state index is 0.0642. The number of fused-ring (bicyclic) bond motifs is 1. The van der Waals surface area contributed by atoms with Crippen molar-refractivity contribution in [2.24, 2.45) is 0 Å². The van der Waals surface area contributed by atoms with Crippen LogP contribution in [-0.4, -0.2) is 34.4 Å². The summed E-state index contributed by atoms with van der Waals surface area (Å²) in [4.78, 5) is 12.4. The van der Waals surface area contributed by atoms with Gasteiger partial charge in [-0.1, -0.05) is 6.42 Å². The highest BCUT2D eigenvalue weighted by Crippen LogP contribution is 2.29. The smallest absolute Gasteiger partial charge is 0.387 e. The minimum Gasteiger partial charge on any atom is -0.493 e. The number of aromatic nitrogens is 3. The Labute approximate surface area is 149 Å². The van der Waals surface area contributed by atoms with Crippen LogP contribution in [0.1, 0.15) is 41.3 Å². The summed E-state index contributed by atoms with van der Waals surface area (Å²) in [5, 5.41) is 11.1. The monoisotopic (exact) mass is 366 g/mol. The number of nitrogens with one attached hydrogen (secondary N) is 1. The van der Waals surface area contributed by atoms with E-state index in [4.69, 9.17) is 4.74 Å². The van der Waals surface area contributed by atoms with Crippen molar-refractivity contribution in [3.8, 4) is 11.5 Å². The molecule has 2 aromatic rings. The zero-order valence-corrected chi connectivity index (χ0v) is 14.4. The molecule has 1 N–H and O–H groups in total. The number of carbonyl (C=O) groups is 1. The van der Waals surface area contributed by atoms with E-state index in [1.54, 1.807) is 0 Å². The molecule has 0 saturated heterocycles. The predicted molar refractivity (Wildman–Crippen MR) is 88.4 cm³/mol. The lowest BCUT2D eigenvalue weighted by molar-refractivity contribution is -0.0512. The third kappa shape index (κ3) is 4.09. The molecule has 0 aliphatic carbocycles. The Balaban J connectivity index is 1.68. The highest BCUT2D eigenvalue weighted by molar-refractivity contribution is 5.94. The van der Waals surface area contributed by atoms with E-state index in [9.17, 15) is 13.6 Å². The number of hydrogen-bond donors (Lipinski definition) is 1. The molecule has 7 nitrogen and oxygen atoms in total. The fourth-order valence-corrected chi connectivity index (χ4v) is 2.94. The molecule has 140 valence electrons. The highest BCUT2D eigenvalue weighted by Gasteiger charge is 2.17. The lowest BCUT2D eigenvalue weighted by Gasteiger charge is -2.12. The molecule has 2 heterocycles. The maximum atomic E-state index is 12.4. The summed E-state index contributed by atoms with van der Waals surface area (Å²) in [6, 6.07) is 4.04. The number of halogens is 2. The first kappa shape index (κ1) is 18.1. The highest BCUT2D eigenvalue weighted by atomic mass is 19.3. The van der Waals surface area contributed by atoms with Crippen LogP contribution in [0.3, 0.4) is 0 Å². The van der Waals surface area contributed by atoms with Gasteiger partial charge in [0.1, 0.15) is 5.82 Å². The second-order valence-electron chi connectivity index (χ2n) is 5.92. The number of alkyl halides is 2. The lowest BCUT2D eigenvalue weighted by Crippen LogP contribution is -2.25. The van der Waals surface area contributed by atoms with E-state index in [1.807, 2.05) is 4.57 Å². The maximum Gasteiger partial charge on any atom is 0.387 e. The van der Waals surface area contributed by atoms with Crippen molar-refractivity contribution < 1.29 is 23.0 Å². The predicted octanol–water partition coefficient (Wildman–Crippen LogP) is 2.54. The van der Waals surface area contributed by atoms with Crippen molar-refractivity contribution in [1.82, 2.24) is 20.1 Å². The van der Waals surface area contributed by atoms with Gasteiger partial charge in [-0.25, -0.2) is 0 Å². The average Bonchev–Trinajstić information content (AvgIpc) is 2.85. The Bertz CT molecular complexity index is 779. The summed E-state index contributed by atoms with van der Waals surface area (Å²) in [5.41, 5.74) is 0.277. The van der Waals surface area contributed by atoms with E-state index in [2.05, 4.69) is 20.3 Å². The molecule has 3 rings (SSSR count). The van der Waals surface area contributed by atoms with Crippen molar-refractivity contribution in [2.45, 2.75) is 45.4 Å². The number of hydrogen-bond acceptors (Lipinski definition) is 5. The van der Waals surface area contributed by atoms with E-state index in [0.29, 0.717) is 5.82 Å². The van der Waals surface area contributed by atoms with E-state index in [0.717, 1.165) is 38.1 Å². The van der Waals surface area contributed by atoms with E-state index in [1.165, 1.54) is 25.3 Å². The molecule has 1 amide bonds. The van der Waals surface area contributed by atoms with Gasteiger partial charge in [0.25, 0.3) is 5.91 Å². The first-order chi connectivity index (χ1) is 12.6. The van der Waals surface area contributed by atoms with Gasteiger partial charge in [-0.05, 0) is 31.0 Å². The SMILES string of the molecule is COc1cc(C(=O)NCc2nnc3n2CCCCC3)ccc1OC(F)F. The fourth-order valence-electron chi connectivity index (χ4n) is 2.94. The maximum absolute atomic E-state index is 12.4. The summed E-state index contributed by atoms with van der Waals surface area (Å²) < 4.78 is 36.1. The molecule has 26 heavy (non-hydrogen) atoms. The summed E-state index contributed by atoms with van der Waals surface area (Å²) in [6.07, 6.45) is 4.21. The van der Waals surface area contributed by atoms with Crippen LogP contribution in [0.4, 0.5) is 8.78 Å². The number of aryl methyl sites for hydroxylation is 1. The molecule has 1 aliphatic rings. The quantitative estimate of drug-likeness (QED) is 0.850. The van der Waals surface area contributed by atoms with Gasteiger partial charge in [0.05, 0.1) is 13.7 Å². The van der Waals surface area contributed by atoms with Crippen molar-refractivity contribution in [1.29, 1.82) is 0 Å². The van der Waals surface area contributed by atoms with Gasteiger partial charge in [0.2, 0.25) is 0 Å². The summed E-state index contributed by atoms with van der Waals surface area (Å²) in [6.45, 7) is -1.88. The Morgan fingerprint density at radius 2 is 2.12 bits per heavy atom. The van der Waals surface area contributed by atoms with Crippen LogP contribution in [0.15, 0.2) is 18.2 Å². The number of rotatable bonds is 6. The van der Waals surface area contributed by atoms with Gasteiger partial charge in [-0.15, -0.1) is 10.2 Å². The standard InChI is InChI=1S/C17H20F2N4O3/c1-25-13-9-11(6-7-12(13)26-17(18)19)16(24)20-10-15-22-21-14-5-3-2-4-8-23(14)15/h6-7,9,17H,2-5,8,10H2,1H3,(H,20,24). The Morgan fingerprint density at radius 1 is 1.27 bits per heavy atom. The van der Waals surface area contributed by atoms with Crippen molar-refractivity contribution in [3.05, 3.63) is 35.4 Å². The topological polar surface area (TPSA) is 78.3 Å². The van der Waals surface area contributed by atoms with Crippen LogP contribution in [0.25, 0.3) is 0 Å². The zero-order valence-electron chi connectivity index (χ0n) is 14.4. The van der Waals surface area contributed by atoms with Crippen LogP contribution in [-0.2, 0) is 19.5 Å².